The van der Waals surface area contributed by atoms with Crippen molar-refractivity contribution in [2.45, 2.75) is 52.1 Å². The first kappa shape index (κ1) is 22.4. The van der Waals surface area contributed by atoms with E-state index in [0.717, 1.165) is 50.5 Å². The number of carbonyl (C=O) groups excluding carboxylic acids is 1. The molecule has 2 aromatic carbocycles. The molecule has 6 heteroatoms. The smallest absolute Gasteiger partial charge is 0.237 e. The van der Waals surface area contributed by atoms with Gasteiger partial charge in [-0.1, -0.05) is 30.3 Å². The Kier molecular flexibility index (Phi) is 6.67. The van der Waals surface area contributed by atoms with Crippen molar-refractivity contribution in [3.63, 3.8) is 0 Å². The van der Waals surface area contributed by atoms with Crippen molar-refractivity contribution >= 4 is 5.91 Å². The molecule has 0 N–H and O–H groups in total. The summed E-state index contributed by atoms with van der Waals surface area (Å²) in [4.78, 5) is 19.9. The minimum Gasteiger partial charge on any atom is -0.491 e. The Hall–Kier alpha value is -2.41. The fraction of sp³-hybridized carbons (Fsp3) is 0.519. The molecule has 0 bridgehead atoms. The van der Waals surface area contributed by atoms with Crippen LogP contribution in [0.1, 0.15) is 36.1 Å². The molecule has 2 aromatic rings. The van der Waals surface area contributed by atoms with Gasteiger partial charge in [0.05, 0.1) is 25.3 Å². The van der Waals surface area contributed by atoms with Crippen molar-refractivity contribution in [3.05, 3.63) is 64.7 Å². The molecular formula is C27H35N3O3. The van der Waals surface area contributed by atoms with Gasteiger partial charge in [-0.2, -0.15) is 0 Å². The van der Waals surface area contributed by atoms with E-state index in [9.17, 15) is 4.79 Å². The van der Waals surface area contributed by atoms with Crippen LogP contribution in [0.2, 0.25) is 0 Å². The van der Waals surface area contributed by atoms with Crippen molar-refractivity contribution in [1.29, 1.82) is 0 Å². The molecule has 1 amide bonds. The minimum absolute atomic E-state index is 0.187. The van der Waals surface area contributed by atoms with Gasteiger partial charge in [-0.05, 0) is 49.1 Å². The van der Waals surface area contributed by atoms with E-state index in [0.29, 0.717) is 26.2 Å². The summed E-state index contributed by atoms with van der Waals surface area (Å²) in [5.41, 5.74) is 5.13. The Morgan fingerprint density at radius 3 is 2.55 bits per heavy atom. The predicted octanol–water partition coefficient (Wildman–Crippen LogP) is 3.08. The van der Waals surface area contributed by atoms with Crippen LogP contribution in [0.3, 0.4) is 0 Å². The van der Waals surface area contributed by atoms with Gasteiger partial charge in [0.15, 0.2) is 0 Å². The van der Waals surface area contributed by atoms with Crippen LogP contribution in [0.25, 0.3) is 0 Å². The first-order chi connectivity index (χ1) is 16.0. The standard InChI is InChI=1S/C27H35N3O3/c1-20-14-29(15-21(2)33-20)16-22-7-8-26-25(13-22)18-30(11-12-32-26)27(31)19-28-10-9-23-5-3-4-6-24(23)17-28/h3-8,13,20-21H,9-12,14-19H2,1-2H3/t20-,21+. The lowest BCUT2D eigenvalue weighted by molar-refractivity contribution is -0.133. The van der Waals surface area contributed by atoms with Crippen molar-refractivity contribution in [2.75, 3.05) is 39.3 Å². The molecule has 3 aliphatic rings. The van der Waals surface area contributed by atoms with Crippen molar-refractivity contribution in [2.24, 2.45) is 0 Å². The molecule has 1 saturated heterocycles. The van der Waals surface area contributed by atoms with Gasteiger partial charge in [0.25, 0.3) is 0 Å². The molecule has 0 unspecified atom stereocenters. The third-order valence-electron chi connectivity index (χ3n) is 6.93. The van der Waals surface area contributed by atoms with Crippen LogP contribution in [-0.2, 0) is 35.6 Å². The van der Waals surface area contributed by atoms with Crippen LogP contribution < -0.4 is 4.74 Å². The molecular weight excluding hydrogens is 414 g/mol. The molecule has 0 saturated carbocycles. The zero-order valence-electron chi connectivity index (χ0n) is 19.8. The van der Waals surface area contributed by atoms with Crippen LogP contribution in [0.15, 0.2) is 42.5 Å². The fourth-order valence-electron chi connectivity index (χ4n) is 5.41. The highest BCUT2D eigenvalue weighted by Gasteiger charge is 2.25. The van der Waals surface area contributed by atoms with Gasteiger partial charge in [0, 0.05) is 44.8 Å². The van der Waals surface area contributed by atoms with Crippen molar-refractivity contribution in [3.8, 4) is 5.75 Å². The maximum Gasteiger partial charge on any atom is 0.237 e. The predicted molar refractivity (Wildman–Crippen MR) is 128 cm³/mol. The van der Waals surface area contributed by atoms with Crippen LogP contribution in [0, 0.1) is 0 Å². The summed E-state index contributed by atoms with van der Waals surface area (Å²) in [6.07, 6.45) is 1.53. The summed E-state index contributed by atoms with van der Waals surface area (Å²) in [5, 5.41) is 0. The van der Waals surface area contributed by atoms with Gasteiger partial charge >= 0.3 is 0 Å². The first-order valence-corrected chi connectivity index (χ1v) is 12.2. The SMILES string of the molecule is C[C@@H]1CN(Cc2ccc3c(c2)CN(C(=O)CN2CCc4ccccc4C2)CCO3)C[C@H](C)O1. The van der Waals surface area contributed by atoms with E-state index in [4.69, 9.17) is 9.47 Å². The summed E-state index contributed by atoms with van der Waals surface area (Å²) in [7, 11) is 0. The fourth-order valence-corrected chi connectivity index (χ4v) is 5.41. The molecule has 0 aliphatic carbocycles. The van der Waals surface area contributed by atoms with Gasteiger partial charge in [0.1, 0.15) is 12.4 Å². The quantitative estimate of drug-likeness (QED) is 0.718. The summed E-state index contributed by atoms with van der Waals surface area (Å²) in [6, 6.07) is 15.0. The lowest BCUT2D eigenvalue weighted by Gasteiger charge is -2.35. The Labute approximate surface area is 197 Å². The molecule has 1 fully saturated rings. The molecule has 0 radical (unpaired) electrons. The summed E-state index contributed by atoms with van der Waals surface area (Å²) in [5.74, 6) is 1.09. The highest BCUT2D eigenvalue weighted by atomic mass is 16.5. The molecule has 0 aromatic heterocycles. The Balaban J connectivity index is 1.23. The van der Waals surface area contributed by atoms with Crippen LogP contribution in [0.4, 0.5) is 0 Å². The zero-order valence-corrected chi connectivity index (χ0v) is 19.8. The van der Waals surface area contributed by atoms with Gasteiger partial charge in [-0.25, -0.2) is 0 Å². The van der Waals surface area contributed by atoms with Crippen molar-refractivity contribution < 1.29 is 14.3 Å². The summed E-state index contributed by atoms with van der Waals surface area (Å²) >= 11 is 0. The van der Waals surface area contributed by atoms with Crippen molar-refractivity contribution in [1.82, 2.24) is 14.7 Å². The maximum atomic E-state index is 13.2. The van der Waals surface area contributed by atoms with Crippen LogP contribution in [0.5, 0.6) is 5.75 Å². The normalized spacial score (nSPS) is 23.9. The summed E-state index contributed by atoms with van der Waals surface area (Å²) in [6.45, 7) is 11.1. The molecule has 176 valence electrons. The molecule has 0 spiro atoms. The van der Waals surface area contributed by atoms with E-state index in [1.807, 2.05) is 4.90 Å². The molecule has 5 rings (SSSR count). The number of rotatable bonds is 4. The number of ether oxygens (including phenoxy) is 2. The van der Waals surface area contributed by atoms with Crippen LogP contribution >= 0.6 is 0 Å². The first-order valence-electron chi connectivity index (χ1n) is 12.2. The number of carbonyl (C=O) groups is 1. The van der Waals surface area contributed by atoms with Gasteiger partial charge in [0.2, 0.25) is 5.91 Å². The van der Waals surface area contributed by atoms with E-state index < -0.39 is 0 Å². The topological polar surface area (TPSA) is 45.2 Å². The second-order valence-corrected chi connectivity index (χ2v) is 9.79. The van der Waals surface area contributed by atoms with E-state index in [1.165, 1.54) is 16.7 Å². The van der Waals surface area contributed by atoms with E-state index in [1.54, 1.807) is 0 Å². The number of fused-ring (bicyclic) bond motifs is 2. The number of amides is 1. The number of morpholine rings is 1. The Bertz CT molecular complexity index is 984. The highest BCUT2D eigenvalue weighted by molar-refractivity contribution is 5.78. The number of hydrogen-bond donors (Lipinski definition) is 0. The van der Waals surface area contributed by atoms with E-state index >= 15 is 0 Å². The second kappa shape index (κ2) is 9.84. The molecule has 2 atom stereocenters. The van der Waals surface area contributed by atoms with Crippen LogP contribution in [-0.4, -0.2) is 72.1 Å². The zero-order chi connectivity index (χ0) is 22.8. The highest BCUT2D eigenvalue weighted by Crippen LogP contribution is 2.26. The Morgan fingerprint density at radius 1 is 0.939 bits per heavy atom. The maximum absolute atomic E-state index is 13.2. The number of nitrogens with zero attached hydrogens (tertiary/aromatic N) is 3. The Morgan fingerprint density at radius 2 is 1.73 bits per heavy atom. The molecule has 3 heterocycles. The molecule has 3 aliphatic heterocycles. The molecule has 6 nitrogen and oxygen atoms in total. The minimum atomic E-state index is 0.187. The van der Waals surface area contributed by atoms with E-state index in [-0.39, 0.29) is 18.1 Å². The lowest BCUT2D eigenvalue weighted by Crippen LogP contribution is -2.44. The number of hydrogen-bond acceptors (Lipinski definition) is 5. The van der Waals surface area contributed by atoms with Gasteiger partial charge in [-0.15, -0.1) is 0 Å². The van der Waals surface area contributed by atoms with Gasteiger partial charge < -0.3 is 14.4 Å². The average Bonchev–Trinajstić information content (AvgIpc) is 3.00. The largest absolute Gasteiger partial charge is 0.491 e. The number of benzene rings is 2. The second-order valence-electron chi connectivity index (χ2n) is 9.79. The van der Waals surface area contributed by atoms with Gasteiger partial charge in [-0.3, -0.25) is 14.6 Å². The third kappa shape index (κ3) is 5.40. The summed E-state index contributed by atoms with van der Waals surface area (Å²) < 4.78 is 11.9. The molecule has 33 heavy (non-hydrogen) atoms. The third-order valence-corrected chi connectivity index (χ3v) is 6.93. The van der Waals surface area contributed by atoms with E-state index in [2.05, 4.69) is 66.1 Å². The lowest BCUT2D eigenvalue weighted by atomic mass is 10.00. The monoisotopic (exact) mass is 449 g/mol. The average molecular weight is 450 g/mol.